The van der Waals surface area contributed by atoms with Crippen LogP contribution in [0.5, 0.6) is 5.75 Å². The van der Waals surface area contributed by atoms with Crippen LogP contribution in [0.25, 0.3) is 0 Å². The van der Waals surface area contributed by atoms with Crippen LogP contribution in [0.3, 0.4) is 0 Å². The Morgan fingerprint density at radius 2 is 1.18 bits per heavy atom. The van der Waals surface area contributed by atoms with Crippen LogP contribution in [0.4, 0.5) is 0 Å². The predicted octanol–water partition coefficient (Wildman–Crippen LogP) is -4.08. The normalized spacial score (nSPS) is 19.7. The van der Waals surface area contributed by atoms with Gasteiger partial charge in [0, 0.05) is 32.6 Å². The van der Waals surface area contributed by atoms with E-state index >= 15 is 0 Å². The van der Waals surface area contributed by atoms with E-state index in [-0.39, 0.29) is 63.6 Å². The molecule has 1 aromatic carbocycles. The molecule has 8 amide bonds. The van der Waals surface area contributed by atoms with Crippen LogP contribution in [-0.2, 0) is 49.6 Å². The van der Waals surface area contributed by atoms with Gasteiger partial charge >= 0.3 is 5.97 Å². The maximum atomic E-state index is 13.5. The summed E-state index contributed by atoms with van der Waals surface area (Å²) in [6.07, 6.45) is 2.78. The number of nitrogens with one attached hydrogen (secondary N) is 7. The largest absolute Gasteiger partial charge is 0.508 e. The first-order chi connectivity index (χ1) is 29.5. The molecule has 3 aliphatic rings. The number of amides is 8. The van der Waals surface area contributed by atoms with Crippen molar-refractivity contribution in [2.45, 2.75) is 101 Å². The Morgan fingerprint density at radius 3 is 1.66 bits per heavy atom. The number of hydrogen-bond donors (Lipinski definition) is 11. The molecule has 4 rings (SSSR count). The molecule has 0 unspecified atom stereocenters. The molecule has 3 heterocycles. The maximum absolute atomic E-state index is 13.5. The molecule has 23 nitrogen and oxygen atoms in total. The van der Waals surface area contributed by atoms with E-state index in [2.05, 4.69) is 31.9 Å². The minimum absolute atomic E-state index is 0.000945. The van der Waals surface area contributed by atoms with Gasteiger partial charge in [-0.25, -0.2) is 4.79 Å². The highest BCUT2D eigenvalue weighted by molar-refractivity contribution is 5.97. The Balaban J connectivity index is 1.27. The van der Waals surface area contributed by atoms with E-state index in [4.69, 9.17) is 16.9 Å². The average Bonchev–Trinajstić information content (AvgIpc) is 4.05. The van der Waals surface area contributed by atoms with E-state index in [1.165, 1.54) is 33.8 Å². The summed E-state index contributed by atoms with van der Waals surface area (Å²) in [5.74, 6) is -6.38. The number of aromatic hydroxyl groups is 1. The SMILES string of the molecule is C[C@H](NC(=O)[C@@H]1CCCN1C(=O)CNC(=O)[C@H](Cc1ccc(O)cc1)NC(=O)[C@@H]1CCCN1C(=O)CN)C(=O)NCC(=O)N1CCC[C@H]1C(=O)N[C@@H](CCCNC(=N)N)C(=O)O. The third-order valence-corrected chi connectivity index (χ3v) is 11.0. The van der Waals surface area contributed by atoms with Crippen molar-refractivity contribution in [3.05, 3.63) is 29.8 Å². The Morgan fingerprint density at radius 1 is 0.710 bits per heavy atom. The summed E-state index contributed by atoms with van der Waals surface area (Å²) in [7, 11) is 0. The molecule has 13 N–H and O–H groups in total. The van der Waals surface area contributed by atoms with Crippen molar-refractivity contribution in [2.24, 2.45) is 11.5 Å². The van der Waals surface area contributed by atoms with Gasteiger partial charge in [0.25, 0.3) is 0 Å². The summed E-state index contributed by atoms with van der Waals surface area (Å²) in [4.78, 5) is 121. The summed E-state index contributed by atoms with van der Waals surface area (Å²) >= 11 is 0. The van der Waals surface area contributed by atoms with Crippen molar-refractivity contribution in [3.8, 4) is 5.75 Å². The van der Waals surface area contributed by atoms with Gasteiger partial charge in [-0.2, -0.15) is 0 Å². The monoisotopic (exact) mass is 870 g/mol. The zero-order valence-corrected chi connectivity index (χ0v) is 34.7. The molecule has 1 aromatic rings. The number of carboxylic acids is 1. The van der Waals surface area contributed by atoms with Gasteiger partial charge in [-0.1, -0.05) is 12.1 Å². The van der Waals surface area contributed by atoms with E-state index in [1.54, 1.807) is 12.1 Å². The number of nitrogens with zero attached hydrogens (tertiary/aromatic N) is 3. The summed E-state index contributed by atoms with van der Waals surface area (Å²) in [6.45, 7) is 1.06. The molecule has 340 valence electrons. The number of carbonyl (C=O) groups is 9. The summed E-state index contributed by atoms with van der Waals surface area (Å²) in [6, 6.07) is -0.300. The van der Waals surface area contributed by atoms with Gasteiger partial charge in [0.2, 0.25) is 47.3 Å². The lowest BCUT2D eigenvalue weighted by molar-refractivity contribution is -0.144. The molecule has 0 spiro atoms. The molecule has 0 saturated carbocycles. The van der Waals surface area contributed by atoms with Crippen LogP contribution < -0.4 is 43.4 Å². The van der Waals surface area contributed by atoms with Gasteiger partial charge in [-0.15, -0.1) is 0 Å². The first-order valence-corrected chi connectivity index (χ1v) is 20.6. The van der Waals surface area contributed by atoms with Crippen LogP contribution in [0.2, 0.25) is 0 Å². The van der Waals surface area contributed by atoms with Crippen LogP contribution in [0, 0.1) is 5.41 Å². The van der Waals surface area contributed by atoms with Gasteiger partial charge in [0.15, 0.2) is 5.96 Å². The minimum Gasteiger partial charge on any atom is -0.508 e. The highest BCUT2D eigenvalue weighted by atomic mass is 16.4. The van der Waals surface area contributed by atoms with Crippen molar-refractivity contribution in [1.29, 1.82) is 5.41 Å². The number of hydrogen-bond acceptors (Lipinski definition) is 12. The third kappa shape index (κ3) is 13.5. The fraction of sp³-hybridized carbons (Fsp3) is 0.590. The molecule has 6 atom stereocenters. The second-order valence-corrected chi connectivity index (χ2v) is 15.4. The van der Waals surface area contributed by atoms with E-state index < -0.39 is 103 Å². The lowest BCUT2D eigenvalue weighted by atomic mass is 10.0. The number of guanidine groups is 1. The standard InChI is InChI=1S/C39H58N12O11/c1-22(33(56)44-20-31(54)51-17-5-9-29(51)36(59)47-25(38(61)62)6-2-14-43-39(41)42)46-35(58)27-7-4-16-50(27)32(55)21-45-34(57)26(18-23-10-12-24(52)13-11-23)48-37(60)28-8-3-15-49(28)30(53)19-40/h10-13,22,25-29,52H,2-9,14-21,40H2,1H3,(H,44,56)(H,45,57)(H,46,58)(H,47,59)(H,48,60)(H,61,62)(H4,41,42,43)/t22-,25-,26-,27-,28-,29-/m0/s1. The van der Waals surface area contributed by atoms with Crippen molar-refractivity contribution in [2.75, 3.05) is 45.8 Å². The molecule has 3 fully saturated rings. The molecule has 0 aromatic heterocycles. The maximum Gasteiger partial charge on any atom is 0.326 e. The number of carboxylic acid groups (broad SMARTS) is 1. The lowest BCUT2D eigenvalue weighted by Gasteiger charge is -2.27. The fourth-order valence-corrected chi connectivity index (χ4v) is 7.71. The number of phenols is 1. The second kappa shape index (κ2) is 22.9. The topological polar surface area (TPSA) is 352 Å². The molecular weight excluding hydrogens is 813 g/mol. The predicted molar refractivity (Wildman–Crippen MR) is 219 cm³/mol. The Labute approximate surface area is 357 Å². The zero-order valence-electron chi connectivity index (χ0n) is 34.7. The Bertz CT molecular complexity index is 1850. The number of aliphatic carboxylic acids is 1. The number of likely N-dealkylation sites (tertiary alicyclic amines) is 3. The summed E-state index contributed by atoms with van der Waals surface area (Å²) in [5.41, 5.74) is 11.3. The highest BCUT2D eigenvalue weighted by Crippen LogP contribution is 2.21. The van der Waals surface area contributed by atoms with Crippen molar-refractivity contribution >= 4 is 59.2 Å². The van der Waals surface area contributed by atoms with Gasteiger partial charge in [-0.3, -0.25) is 43.8 Å². The van der Waals surface area contributed by atoms with Crippen molar-refractivity contribution in [1.82, 2.24) is 46.6 Å². The first kappa shape index (κ1) is 48.1. The molecule has 3 saturated heterocycles. The smallest absolute Gasteiger partial charge is 0.326 e. The van der Waals surface area contributed by atoms with Crippen molar-refractivity contribution in [3.63, 3.8) is 0 Å². The van der Waals surface area contributed by atoms with Crippen LogP contribution in [0.15, 0.2) is 24.3 Å². The number of nitrogens with two attached hydrogens (primary N) is 2. The van der Waals surface area contributed by atoms with E-state index in [0.29, 0.717) is 44.2 Å². The zero-order chi connectivity index (χ0) is 45.5. The van der Waals surface area contributed by atoms with Crippen molar-refractivity contribution < 1.29 is 53.4 Å². The lowest BCUT2D eigenvalue weighted by Crippen LogP contribution is -2.56. The molecule has 3 aliphatic heterocycles. The molecule has 0 radical (unpaired) electrons. The molecular formula is C39H58N12O11. The molecule has 0 bridgehead atoms. The second-order valence-electron chi connectivity index (χ2n) is 15.4. The molecule has 0 aliphatic carbocycles. The average molecular weight is 871 g/mol. The van der Waals surface area contributed by atoms with Gasteiger partial charge in [0.1, 0.15) is 42.0 Å². The van der Waals surface area contributed by atoms with Crippen LogP contribution in [-0.4, -0.2) is 166 Å². The van der Waals surface area contributed by atoms with E-state index in [1.807, 2.05) is 0 Å². The fourth-order valence-electron chi connectivity index (χ4n) is 7.71. The Kier molecular flexibility index (Phi) is 17.8. The quantitative estimate of drug-likeness (QED) is 0.0338. The summed E-state index contributed by atoms with van der Waals surface area (Å²) < 4.78 is 0. The molecule has 62 heavy (non-hydrogen) atoms. The summed E-state index contributed by atoms with van der Waals surface area (Å²) in [5, 5.41) is 41.8. The molecule has 23 heteroatoms. The highest BCUT2D eigenvalue weighted by Gasteiger charge is 2.39. The van der Waals surface area contributed by atoms with E-state index in [9.17, 15) is 53.4 Å². The number of carbonyl (C=O) groups excluding carboxylic acids is 8. The van der Waals surface area contributed by atoms with Crippen LogP contribution >= 0.6 is 0 Å². The number of rotatable bonds is 20. The third-order valence-electron chi connectivity index (χ3n) is 11.0. The van der Waals surface area contributed by atoms with E-state index in [0.717, 1.165) is 0 Å². The minimum atomic E-state index is -1.26. The number of phenolic OH excluding ortho intramolecular Hbond substituents is 1. The first-order valence-electron chi connectivity index (χ1n) is 20.6. The van der Waals surface area contributed by atoms with Gasteiger partial charge in [-0.05, 0) is 76.0 Å². The number of benzene rings is 1. The Hall–Kier alpha value is -6.52. The van der Waals surface area contributed by atoms with Crippen LogP contribution in [0.1, 0.15) is 63.9 Å². The van der Waals surface area contributed by atoms with Gasteiger partial charge in [0.05, 0.1) is 19.6 Å². The van der Waals surface area contributed by atoms with Gasteiger partial charge < -0.3 is 68.3 Å².